The van der Waals surface area contributed by atoms with E-state index in [4.69, 9.17) is 9.47 Å². The van der Waals surface area contributed by atoms with Gasteiger partial charge in [-0.25, -0.2) is 13.6 Å². The van der Waals surface area contributed by atoms with Crippen molar-refractivity contribution in [2.24, 2.45) is 17.8 Å². The van der Waals surface area contributed by atoms with Crippen LogP contribution >= 0.6 is 0 Å². The Bertz CT molecular complexity index is 1140. The van der Waals surface area contributed by atoms with Gasteiger partial charge < -0.3 is 19.7 Å². The number of phenols is 1. The second kappa shape index (κ2) is 9.88. The van der Waals surface area contributed by atoms with Gasteiger partial charge in [0.2, 0.25) is 0 Å². The van der Waals surface area contributed by atoms with Gasteiger partial charge in [0.1, 0.15) is 24.3 Å². The van der Waals surface area contributed by atoms with Gasteiger partial charge in [-0.15, -0.1) is 0 Å². The highest BCUT2D eigenvalue weighted by molar-refractivity contribution is 5.90. The number of fused-ring (bicyclic) bond motifs is 1. The van der Waals surface area contributed by atoms with Gasteiger partial charge >= 0.3 is 6.09 Å². The molecule has 1 heterocycles. The second-order valence-corrected chi connectivity index (χ2v) is 10.8. The molecular weight excluding hydrogens is 468 g/mol. The van der Waals surface area contributed by atoms with Crippen molar-refractivity contribution in [2.45, 2.75) is 70.6 Å². The molecule has 0 spiro atoms. The molecule has 5 rings (SSSR count). The number of halogens is 2. The molecule has 3 aliphatic rings. The summed E-state index contributed by atoms with van der Waals surface area (Å²) in [5, 5.41) is 20.2. The van der Waals surface area contributed by atoms with Crippen molar-refractivity contribution in [3.63, 3.8) is 0 Å². The maximum Gasteiger partial charge on any atom is 0.414 e. The largest absolute Gasteiger partial charge is 0.508 e. The lowest BCUT2D eigenvalue weighted by Crippen LogP contribution is -2.37. The summed E-state index contributed by atoms with van der Waals surface area (Å²) in [7, 11) is 0. The number of aliphatic hydroxyl groups excluding tert-OH is 1. The van der Waals surface area contributed by atoms with E-state index in [1.807, 2.05) is 13.8 Å². The summed E-state index contributed by atoms with van der Waals surface area (Å²) < 4.78 is 41.3. The highest BCUT2D eigenvalue weighted by Crippen LogP contribution is 2.47. The van der Waals surface area contributed by atoms with Gasteiger partial charge in [-0.05, 0) is 61.3 Å². The summed E-state index contributed by atoms with van der Waals surface area (Å²) in [5.41, 5.74) is 1.46. The van der Waals surface area contributed by atoms with Crippen molar-refractivity contribution in [3.05, 3.63) is 53.1 Å². The molecule has 1 aliphatic heterocycles. The third kappa shape index (κ3) is 4.75. The number of carbonyl (C=O) groups is 1. The summed E-state index contributed by atoms with van der Waals surface area (Å²) in [6.45, 7) is 4.24. The standard InChI is InChI=1S/C28H33F2NO5/c1-15(2)25-14-35-28(34)31(25)18-6-7-23(29)26(11-18)36-27-17(8-16-4-3-5-19(32)9-16)10-21-22(27)12-20(33)13-24(21)30/h6-7,11-13,15-17,19,25,27,32-33H,3-5,8-10,14H2,1-2H3. The van der Waals surface area contributed by atoms with E-state index >= 15 is 4.39 Å². The molecule has 0 aromatic heterocycles. The first kappa shape index (κ1) is 24.8. The first-order valence-corrected chi connectivity index (χ1v) is 12.8. The molecule has 2 aliphatic carbocycles. The van der Waals surface area contributed by atoms with Crippen molar-refractivity contribution in [3.8, 4) is 11.5 Å². The molecular formula is C28H33F2NO5. The molecule has 194 valence electrons. The smallest absolute Gasteiger partial charge is 0.414 e. The van der Waals surface area contributed by atoms with Gasteiger partial charge in [0.15, 0.2) is 11.6 Å². The minimum absolute atomic E-state index is 0.0370. The third-order valence-corrected chi connectivity index (χ3v) is 7.93. The zero-order valence-corrected chi connectivity index (χ0v) is 20.6. The van der Waals surface area contributed by atoms with Crippen molar-refractivity contribution in [1.82, 2.24) is 0 Å². The van der Waals surface area contributed by atoms with Crippen LogP contribution in [0, 0.1) is 29.4 Å². The van der Waals surface area contributed by atoms with Crippen molar-refractivity contribution < 1.29 is 33.3 Å². The van der Waals surface area contributed by atoms with E-state index in [1.54, 1.807) is 0 Å². The Hall–Kier alpha value is -2.87. The predicted molar refractivity (Wildman–Crippen MR) is 130 cm³/mol. The van der Waals surface area contributed by atoms with Crippen LogP contribution in [0.5, 0.6) is 11.5 Å². The minimum Gasteiger partial charge on any atom is -0.508 e. The molecule has 2 fully saturated rings. The average molecular weight is 502 g/mol. The van der Waals surface area contributed by atoms with Crippen molar-refractivity contribution >= 4 is 11.8 Å². The van der Waals surface area contributed by atoms with Crippen molar-refractivity contribution in [2.75, 3.05) is 11.5 Å². The number of benzene rings is 2. The number of hydrogen-bond acceptors (Lipinski definition) is 5. The van der Waals surface area contributed by atoms with Crippen LogP contribution in [0.25, 0.3) is 0 Å². The fourth-order valence-corrected chi connectivity index (χ4v) is 6.10. The number of hydrogen-bond donors (Lipinski definition) is 2. The van der Waals surface area contributed by atoms with Gasteiger partial charge in [-0.3, -0.25) is 4.90 Å². The Morgan fingerprint density at radius 2 is 1.97 bits per heavy atom. The van der Waals surface area contributed by atoms with Gasteiger partial charge in [0.25, 0.3) is 0 Å². The van der Waals surface area contributed by atoms with Crippen LogP contribution in [0.4, 0.5) is 19.3 Å². The average Bonchev–Trinajstić information content (AvgIpc) is 3.36. The van der Waals surface area contributed by atoms with E-state index in [1.165, 1.54) is 29.2 Å². The molecule has 0 radical (unpaired) electrons. The quantitative estimate of drug-likeness (QED) is 0.516. The van der Waals surface area contributed by atoms with Crippen molar-refractivity contribution in [1.29, 1.82) is 0 Å². The van der Waals surface area contributed by atoms with E-state index in [2.05, 4.69) is 0 Å². The van der Waals surface area contributed by atoms with Gasteiger partial charge in [0.05, 0.1) is 17.8 Å². The number of rotatable bonds is 6. The Morgan fingerprint density at radius 1 is 1.17 bits per heavy atom. The van der Waals surface area contributed by atoms with Crippen LogP contribution in [-0.4, -0.2) is 35.1 Å². The number of carbonyl (C=O) groups excluding carboxylic acids is 1. The van der Waals surface area contributed by atoms with Crippen LogP contribution in [0.3, 0.4) is 0 Å². The van der Waals surface area contributed by atoms with Gasteiger partial charge in [0, 0.05) is 23.6 Å². The molecule has 2 aromatic rings. The number of ether oxygens (including phenoxy) is 2. The molecule has 36 heavy (non-hydrogen) atoms. The second-order valence-electron chi connectivity index (χ2n) is 10.8. The molecule has 2 N–H and O–H groups in total. The lowest BCUT2D eigenvalue weighted by Gasteiger charge is -2.31. The van der Waals surface area contributed by atoms with E-state index in [0.29, 0.717) is 36.1 Å². The lowest BCUT2D eigenvalue weighted by molar-refractivity contribution is 0.0730. The molecule has 0 bridgehead atoms. The number of aliphatic hydroxyl groups is 1. The summed E-state index contributed by atoms with van der Waals surface area (Å²) in [5.74, 6) is -1.08. The molecule has 1 amide bonds. The molecule has 5 unspecified atom stereocenters. The Morgan fingerprint density at radius 3 is 2.72 bits per heavy atom. The lowest BCUT2D eigenvalue weighted by atomic mass is 9.80. The maximum atomic E-state index is 15.0. The summed E-state index contributed by atoms with van der Waals surface area (Å²) in [6.07, 6.45) is 3.00. The zero-order chi connectivity index (χ0) is 25.6. The normalized spacial score (nSPS) is 27.9. The SMILES string of the molecule is CC(C)C1COC(=O)N1c1ccc(F)c(OC2c3cc(O)cc(F)c3CC2CC2CCCC(O)C2)c1. The third-order valence-electron chi connectivity index (χ3n) is 7.93. The Labute approximate surface area is 209 Å². The number of nitrogens with zero attached hydrogens (tertiary/aromatic N) is 1. The molecule has 6 nitrogen and oxygen atoms in total. The van der Waals surface area contributed by atoms with Crippen LogP contribution in [-0.2, 0) is 11.2 Å². The molecule has 5 atom stereocenters. The number of cyclic esters (lactones) is 1. The maximum absolute atomic E-state index is 15.0. The highest BCUT2D eigenvalue weighted by atomic mass is 19.1. The van der Waals surface area contributed by atoms with Crippen LogP contribution in [0.2, 0.25) is 0 Å². The molecule has 2 aromatic carbocycles. The molecule has 1 saturated carbocycles. The van der Waals surface area contributed by atoms with E-state index in [9.17, 15) is 19.4 Å². The number of phenolic OH excluding ortho intramolecular Hbond substituents is 1. The van der Waals surface area contributed by atoms with Crippen LogP contribution in [0.15, 0.2) is 30.3 Å². The number of anilines is 1. The monoisotopic (exact) mass is 501 g/mol. The first-order valence-electron chi connectivity index (χ1n) is 12.8. The first-order chi connectivity index (χ1) is 17.2. The fourth-order valence-electron chi connectivity index (χ4n) is 6.10. The summed E-state index contributed by atoms with van der Waals surface area (Å²) in [4.78, 5) is 14.0. The zero-order valence-electron chi connectivity index (χ0n) is 20.6. The van der Waals surface area contributed by atoms with E-state index in [-0.39, 0.29) is 48.0 Å². The topological polar surface area (TPSA) is 79.2 Å². The van der Waals surface area contributed by atoms with Crippen LogP contribution in [0.1, 0.15) is 63.2 Å². The summed E-state index contributed by atoms with van der Waals surface area (Å²) >= 11 is 0. The molecule has 1 saturated heterocycles. The molecule has 8 heteroatoms. The van der Waals surface area contributed by atoms with Gasteiger partial charge in [-0.1, -0.05) is 26.7 Å². The van der Waals surface area contributed by atoms with E-state index in [0.717, 1.165) is 25.3 Å². The van der Waals surface area contributed by atoms with Gasteiger partial charge in [-0.2, -0.15) is 0 Å². The van der Waals surface area contributed by atoms with Crippen LogP contribution < -0.4 is 9.64 Å². The number of aromatic hydroxyl groups is 1. The highest BCUT2D eigenvalue weighted by Gasteiger charge is 2.40. The fraction of sp³-hybridized carbons (Fsp3) is 0.536. The Balaban J connectivity index is 1.46. The Kier molecular flexibility index (Phi) is 6.81. The predicted octanol–water partition coefficient (Wildman–Crippen LogP) is 5.89. The number of amides is 1. The minimum atomic E-state index is -0.670. The summed E-state index contributed by atoms with van der Waals surface area (Å²) in [6, 6.07) is 6.69. The van der Waals surface area contributed by atoms with E-state index < -0.39 is 23.8 Å².